The van der Waals surface area contributed by atoms with E-state index in [0.29, 0.717) is 34.1 Å². The van der Waals surface area contributed by atoms with Gasteiger partial charge in [-0.1, -0.05) is 18.2 Å². The molecule has 5 rings (SSSR count). The molecule has 1 amide bonds. The number of methoxy groups -OCH3 is 2. The highest BCUT2D eigenvalue weighted by molar-refractivity contribution is 6.46. The van der Waals surface area contributed by atoms with Gasteiger partial charge in [-0.15, -0.1) is 0 Å². The molecule has 2 aliphatic rings. The molecule has 3 aromatic rings. The summed E-state index contributed by atoms with van der Waals surface area (Å²) in [5.41, 5.74) is 2.62. The maximum absolute atomic E-state index is 13.3. The molecule has 0 aliphatic carbocycles. The normalized spacial score (nSPS) is 18.0. The largest absolute Gasteiger partial charge is 0.507 e. The Morgan fingerprint density at radius 3 is 2.56 bits per heavy atom. The summed E-state index contributed by atoms with van der Waals surface area (Å²) in [6.45, 7) is 2.10. The van der Waals surface area contributed by atoms with E-state index in [1.807, 2.05) is 13.0 Å². The average Bonchev–Trinajstić information content (AvgIpc) is 3.46. The van der Waals surface area contributed by atoms with Crippen molar-refractivity contribution < 1.29 is 33.6 Å². The molecule has 1 N–H and O–H groups in total. The minimum Gasteiger partial charge on any atom is -0.507 e. The molecule has 0 aromatic heterocycles. The number of aryl methyl sites for hydroxylation is 1. The van der Waals surface area contributed by atoms with Crippen molar-refractivity contribution in [3.63, 3.8) is 0 Å². The smallest absolute Gasteiger partial charge is 0.295 e. The van der Waals surface area contributed by atoms with Gasteiger partial charge in [-0.05, 0) is 66.1 Å². The number of nitrogens with zero attached hydrogens (tertiary/aromatic N) is 1. The monoisotopic (exact) mass is 487 g/mol. The molecule has 2 aliphatic heterocycles. The van der Waals surface area contributed by atoms with Gasteiger partial charge in [0.15, 0.2) is 11.5 Å². The number of carbonyl (C=O) groups excluding carboxylic acids is 2. The van der Waals surface area contributed by atoms with Crippen molar-refractivity contribution in [2.24, 2.45) is 0 Å². The highest BCUT2D eigenvalue weighted by Crippen LogP contribution is 2.42. The van der Waals surface area contributed by atoms with E-state index in [1.165, 1.54) is 4.90 Å². The number of hydrogen-bond donors (Lipinski definition) is 1. The van der Waals surface area contributed by atoms with Gasteiger partial charge in [-0.3, -0.25) is 9.59 Å². The average molecular weight is 488 g/mol. The number of carbonyl (C=O) groups is 2. The number of aliphatic hydroxyl groups excluding tert-OH is 1. The zero-order valence-corrected chi connectivity index (χ0v) is 20.1. The third-order valence-corrected chi connectivity index (χ3v) is 6.41. The van der Waals surface area contributed by atoms with E-state index in [4.69, 9.17) is 18.9 Å². The highest BCUT2D eigenvalue weighted by Gasteiger charge is 2.46. The molecule has 184 valence electrons. The van der Waals surface area contributed by atoms with Crippen LogP contribution in [0.1, 0.15) is 28.3 Å². The van der Waals surface area contributed by atoms with Crippen LogP contribution in [0.15, 0.2) is 66.2 Å². The van der Waals surface area contributed by atoms with Crippen molar-refractivity contribution >= 4 is 17.4 Å². The Hall–Kier alpha value is -4.46. The summed E-state index contributed by atoms with van der Waals surface area (Å²) in [7, 11) is 3.11. The first-order valence-electron chi connectivity index (χ1n) is 11.4. The van der Waals surface area contributed by atoms with Crippen LogP contribution in [-0.4, -0.2) is 42.7 Å². The maximum Gasteiger partial charge on any atom is 0.295 e. The van der Waals surface area contributed by atoms with Crippen LogP contribution in [0.25, 0.3) is 5.76 Å². The fourth-order valence-electron chi connectivity index (χ4n) is 4.62. The van der Waals surface area contributed by atoms with Crippen molar-refractivity contribution in [1.82, 2.24) is 4.90 Å². The Morgan fingerprint density at radius 1 is 1.00 bits per heavy atom. The van der Waals surface area contributed by atoms with Crippen molar-refractivity contribution in [2.45, 2.75) is 19.5 Å². The van der Waals surface area contributed by atoms with Gasteiger partial charge >= 0.3 is 0 Å². The first kappa shape index (κ1) is 23.3. The molecule has 8 nitrogen and oxygen atoms in total. The van der Waals surface area contributed by atoms with Crippen LogP contribution in [0.2, 0.25) is 0 Å². The summed E-state index contributed by atoms with van der Waals surface area (Å²) in [6.07, 6.45) is 0. The number of benzene rings is 3. The molecule has 1 unspecified atom stereocenters. The first-order valence-corrected chi connectivity index (χ1v) is 11.4. The van der Waals surface area contributed by atoms with E-state index in [9.17, 15) is 14.7 Å². The van der Waals surface area contributed by atoms with Crippen LogP contribution in [0, 0.1) is 6.92 Å². The lowest BCUT2D eigenvalue weighted by Gasteiger charge is -2.26. The second kappa shape index (κ2) is 9.30. The standard InChI is InChI=1S/C28H25NO7/c1-16-11-19(8-10-21(16)34-3)26(30)24-25(18-5-4-6-20(13-18)33-2)29(28(32)27(24)31)14-17-7-9-22-23(12-17)36-15-35-22/h4-13,25,30H,14-15H2,1-3H3/b26-24+. The first-order chi connectivity index (χ1) is 17.4. The Labute approximate surface area is 208 Å². The zero-order valence-electron chi connectivity index (χ0n) is 20.1. The predicted octanol–water partition coefficient (Wildman–Crippen LogP) is 4.36. The zero-order chi connectivity index (χ0) is 25.4. The van der Waals surface area contributed by atoms with E-state index < -0.39 is 17.7 Å². The molecule has 0 bridgehead atoms. The van der Waals surface area contributed by atoms with Crippen molar-refractivity contribution in [1.29, 1.82) is 0 Å². The quantitative estimate of drug-likeness (QED) is 0.314. The molecule has 1 atom stereocenters. The predicted molar refractivity (Wildman–Crippen MR) is 131 cm³/mol. The third-order valence-electron chi connectivity index (χ3n) is 6.41. The van der Waals surface area contributed by atoms with E-state index in [0.717, 1.165) is 11.1 Å². The van der Waals surface area contributed by atoms with Gasteiger partial charge < -0.3 is 29.0 Å². The molecule has 3 aromatic carbocycles. The van der Waals surface area contributed by atoms with Gasteiger partial charge in [0.1, 0.15) is 17.3 Å². The molecule has 1 saturated heterocycles. The fraction of sp³-hybridized carbons (Fsp3) is 0.214. The summed E-state index contributed by atoms with van der Waals surface area (Å²) in [4.78, 5) is 28.1. The summed E-state index contributed by atoms with van der Waals surface area (Å²) < 4.78 is 21.5. The summed E-state index contributed by atoms with van der Waals surface area (Å²) in [5, 5.41) is 11.3. The van der Waals surface area contributed by atoms with Gasteiger partial charge in [0.2, 0.25) is 6.79 Å². The lowest BCUT2D eigenvalue weighted by Crippen LogP contribution is -2.29. The van der Waals surface area contributed by atoms with Crippen LogP contribution in [0.3, 0.4) is 0 Å². The Balaban J connectivity index is 1.62. The lowest BCUT2D eigenvalue weighted by atomic mass is 9.94. The van der Waals surface area contributed by atoms with E-state index >= 15 is 0 Å². The topological polar surface area (TPSA) is 94.5 Å². The van der Waals surface area contributed by atoms with Crippen LogP contribution < -0.4 is 18.9 Å². The second-order valence-corrected chi connectivity index (χ2v) is 8.58. The number of hydrogen-bond acceptors (Lipinski definition) is 7. The number of fused-ring (bicyclic) bond motifs is 1. The van der Waals surface area contributed by atoms with E-state index in [1.54, 1.807) is 68.8 Å². The number of aliphatic hydroxyl groups is 1. The second-order valence-electron chi connectivity index (χ2n) is 8.58. The van der Waals surface area contributed by atoms with Crippen LogP contribution in [0.4, 0.5) is 0 Å². The van der Waals surface area contributed by atoms with Crippen molar-refractivity contribution in [3.05, 3.63) is 88.5 Å². The number of likely N-dealkylation sites (tertiary alicyclic amines) is 1. The van der Waals surface area contributed by atoms with Gasteiger partial charge in [-0.2, -0.15) is 0 Å². The van der Waals surface area contributed by atoms with Gasteiger partial charge in [0, 0.05) is 12.1 Å². The van der Waals surface area contributed by atoms with E-state index in [2.05, 4.69) is 0 Å². The van der Waals surface area contributed by atoms with Crippen molar-refractivity contribution in [2.75, 3.05) is 21.0 Å². The number of rotatable bonds is 6. The molecule has 1 fully saturated rings. The summed E-state index contributed by atoms with van der Waals surface area (Å²) in [6, 6.07) is 16.8. The molecule has 0 spiro atoms. The molecular weight excluding hydrogens is 462 g/mol. The number of Topliss-reactive ketones (excluding diaryl/α,β-unsaturated/α-hetero) is 1. The number of ether oxygens (including phenoxy) is 4. The molecule has 8 heteroatoms. The minimum atomic E-state index is -0.826. The fourth-order valence-corrected chi connectivity index (χ4v) is 4.62. The van der Waals surface area contributed by atoms with Crippen LogP contribution in [0.5, 0.6) is 23.0 Å². The van der Waals surface area contributed by atoms with Gasteiger partial charge in [0.05, 0.1) is 25.8 Å². The highest BCUT2D eigenvalue weighted by atomic mass is 16.7. The summed E-state index contributed by atoms with van der Waals surface area (Å²) in [5.74, 6) is 0.721. The minimum absolute atomic E-state index is 0.0126. The Kier molecular flexibility index (Phi) is 6.01. The van der Waals surface area contributed by atoms with Gasteiger partial charge in [-0.25, -0.2) is 0 Å². The van der Waals surface area contributed by atoms with E-state index in [-0.39, 0.29) is 24.7 Å². The maximum atomic E-state index is 13.3. The summed E-state index contributed by atoms with van der Waals surface area (Å²) >= 11 is 0. The van der Waals surface area contributed by atoms with Crippen LogP contribution >= 0.6 is 0 Å². The molecule has 2 heterocycles. The number of amides is 1. The van der Waals surface area contributed by atoms with Crippen molar-refractivity contribution in [3.8, 4) is 23.0 Å². The molecule has 0 radical (unpaired) electrons. The SMILES string of the molecule is COc1cccc(C2/C(=C(\O)c3ccc(OC)c(C)c3)C(=O)C(=O)N2Cc2ccc3c(c2)OCO3)c1. The molecular formula is C28H25NO7. The third kappa shape index (κ3) is 4.00. The number of ketones is 1. The molecule has 36 heavy (non-hydrogen) atoms. The Bertz CT molecular complexity index is 1390. The Morgan fingerprint density at radius 2 is 1.81 bits per heavy atom. The lowest BCUT2D eigenvalue weighted by molar-refractivity contribution is -0.140. The van der Waals surface area contributed by atoms with Gasteiger partial charge in [0.25, 0.3) is 11.7 Å². The molecule has 0 saturated carbocycles. The van der Waals surface area contributed by atoms with Crippen LogP contribution in [-0.2, 0) is 16.1 Å².